The second-order valence-corrected chi connectivity index (χ2v) is 9.34. The molecular weight excluding hydrogens is 378 g/mol. The summed E-state index contributed by atoms with van der Waals surface area (Å²) in [7, 11) is 0. The number of unbranched alkanes of at least 4 members (excludes halogenated alkanes) is 4. The lowest BCUT2D eigenvalue weighted by Gasteiger charge is -2.34. The van der Waals surface area contributed by atoms with E-state index < -0.39 is 12.0 Å². The fourth-order valence-electron chi connectivity index (χ4n) is 4.42. The van der Waals surface area contributed by atoms with Crippen LogP contribution in [-0.4, -0.2) is 48.4 Å². The molecule has 30 heavy (non-hydrogen) atoms. The third-order valence-electron chi connectivity index (χ3n) is 6.65. The summed E-state index contributed by atoms with van der Waals surface area (Å²) in [5, 5.41) is 16.3. The molecule has 2 aliphatic rings. The summed E-state index contributed by atoms with van der Waals surface area (Å²) in [6.07, 6.45) is 11.6. The number of nitrogens with one attached hydrogen (secondary N) is 2. The van der Waals surface area contributed by atoms with E-state index in [1.54, 1.807) is 0 Å². The minimum Gasteiger partial charge on any atom is -0.480 e. The number of carbonyl (C=O) groups is 1. The van der Waals surface area contributed by atoms with E-state index in [4.69, 9.17) is 9.72 Å². The number of carboxylic acid groups (broad SMARTS) is 1. The molecule has 1 saturated heterocycles. The third kappa shape index (κ3) is 7.24. The van der Waals surface area contributed by atoms with Crippen molar-refractivity contribution in [3.8, 4) is 0 Å². The van der Waals surface area contributed by atoms with Crippen molar-refractivity contribution in [2.24, 2.45) is 5.41 Å². The van der Waals surface area contributed by atoms with E-state index in [0.29, 0.717) is 6.42 Å². The number of aromatic nitrogens is 1. The molecule has 0 amide bonds. The summed E-state index contributed by atoms with van der Waals surface area (Å²) in [5.74, 6) is 0.360. The van der Waals surface area contributed by atoms with E-state index >= 15 is 0 Å². The van der Waals surface area contributed by atoms with Crippen LogP contribution in [0.5, 0.6) is 0 Å². The molecular formula is C24H39N3O3. The number of carboxylic acids is 1. The monoisotopic (exact) mass is 417 g/mol. The first-order chi connectivity index (χ1) is 14.6. The van der Waals surface area contributed by atoms with Gasteiger partial charge in [0.25, 0.3) is 0 Å². The summed E-state index contributed by atoms with van der Waals surface area (Å²) in [5.41, 5.74) is 2.68. The predicted molar refractivity (Wildman–Crippen MR) is 120 cm³/mol. The van der Waals surface area contributed by atoms with E-state index in [2.05, 4.69) is 29.7 Å². The number of pyridine rings is 1. The molecule has 1 atom stereocenters. The molecule has 0 aromatic carbocycles. The zero-order chi connectivity index (χ0) is 21.2. The van der Waals surface area contributed by atoms with Gasteiger partial charge in [0.1, 0.15) is 11.9 Å². The van der Waals surface area contributed by atoms with Crippen LogP contribution in [0.2, 0.25) is 0 Å². The summed E-state index contributed by atoms with van der Waals surface area (Å²) < 4.78 is 5.43. The van der Waals surface area contributed by atoms with Gasteiger partial charge in [0.2, 0.25) is 0 Å². The normalized spacial score (nSPS) is 19.0. The van der Waals surface area contributed by atoms with Crippen molar-refractivity contribution < 1.29 is 14.6 Å². The fraction of sp³-hybridized carbons (Fsp3) is 0.750. The maximum atomic E-state index is 11.6. The van der Waals surface area contributed by atoms with Crippen LogP contribution in [0.25, 0.3) is 0 Å². The number of hydrogen-bond donors (Lipinski definition) is 3. The Hall–Kier alpha value is -1.66. The molecule has 2 aliphatic heterocycles. The molecule has 0 unspecified atom stereocenters. The van der Waals surface area contributed by atoms with Crippen molar-refractivity contribution in [3.05, 3.63) is 23.4 Å². The minimum atomic E-state index is -0.724. The summed E-state index contributed by atoms with van der Waals surface area (Å²) >= 11 is 0. The van der Waals surface area contributed by atoms with Crippen LogP contribution in [0.15, 0.2) is 12.1 Å². The maximum Gasteiger partial charge on any atom is 0.320 e. The number of fused-ring (bicyclic) bond motifs is 1. The van der Waals surface area contributed by atoms with Crippen LogP contribution in [0.1, 0.15) is 76.0 Å². The zero-order valence-corrected chi connectivity index (χ0v) is 18.5. The third-order valence-corrected chi connectivity index (χ3v) is 6.65. The molecule has 0 aliphatic carbocycles. The van der Waals surface area contributed by atoms with Gasteiger partial charge in [-0.05, 0) is 62.0 Å². The van der Waals surface area contributed by atoms with Gasteiger partial charge in [0.05, 0.1) is 0 Å². The first-order valence-corrected chi connectivity index (χ1v) is 11.8. The van der Waals surface area contributed by atoms with E-state index in [1.165, 1.54) is 24.1 Å². The standard InChI is InChI=1S/C24H39N3O3/c1-24(13-16-30-17-14-24)18-26-21(23(28)29)10-6-4-2-3-5-9-20-12-11-19-8-7-15-25-22(19)27-20/h11-12,21,26H,2-10,13-18H2,1H3,(H,25,27)(H,28,29)/t21-/m0/s1. The van der Waals surface area contributed by atoms with Crippen molar-refractivity contribution in [1.29, 1.82) is 0 Å². The highest BCUT2D eigenvalue weighted by molar-refractivity contribution is 5.73. The number of aryl methyl sites for hydroxylation is 2. The van der Waals surface area contributed by atoms with Crippen LogP contribution in [0.4, 0.5) is 5.82 Å². The molecule has 3 rings (SSSR count). The summed E-state index contributed by atoms with van der Waals surface area (Å²) in [4.78, 5) is 16.4. The van der Waals surface area contributed by atoms with Crippen molar-refractivity contribution in [2.75, 3.05) is 31.6 Å². The quantitative estimate of drug-likeness (QED) is 0.443. The lowest BCUT2D eigenvalue weighted by Crippen LogP contribution is -2.44. The maximum absolute atomic E-state index is 11.6. The Balaban J connectivity index is 1.27. The van der Waals surface area contributed by atoms with Crippen molar-refractivity contribution in [1.82, 2.24) is 10.3 Å². The number of aliphatic carboxylic acids is 1. The average molecular weight is 418 g/mol. The molecule has 168 valence electrons. The van der Waals surface area contributed by atoms with E-state index in [9.17, 15) is 9.90 Å². The lowest BCUT2D eigenvalue weighted by atomic mass is 9.82. The number of rotatable bonds is 12. The first kappa shape index (κ1) is 23.0. The van der Waals surface area contributed by atoms with Gasteiger partial charge in [-0.3, -0.25) is 4.79 Å². The van der Waals surface area contributed by atoms with Crippen molar-refractivity contribution in [3.63, 3.8) is 0 Å². The van der Waals surface area contributed by atoms with Crippen molar-refractivity contribution in [2.45, 2.75) is 83.6 Å². The van der Waals surface area contributed by atoms with Crippen LogP contribution in [0, 0.1) is 5.41 Å². The highest BCUT2D eigenvalue weighted by atomic mass is 16.5. The smallest absolute Gasteiger partial charge is 0.320 e. The Morgan fingerprint density at radius 3 is 2.80 bits per heavy atom. The minimum absolute atomic E-state index is 0.159. The van der Waals surface area contributed by atoms with Crippen LogP contribution in [0.3, 0.4) is 0 Å². The summed E-state index contributed by atoms with van der Waals surface area (Å²) in [6.45, 7) is 5.59. The van der Waals surface area contributed by atoms with Crippen LogP contribution >= 0.6 is 0 Å². The van der Waals surface area contributed by atoms with E-state index in [0.717, 1.165) is 83.5 Å². The Morgan fingerprint density at radius 2 is 2.00 bits per heavy atom. The summed E-state index contributed by atoms with van der Waals surface area (Å²) in [6, 6.07) is 3.97. The number of ether oxygens (including phenoxy) is 1. The molecule has 6 nitrogen and oxygen atoms in total. The van der Waals surface area contributed by atoms with Crippen LogP contribution < -0.4 is 10.6 Å². The van der Waals surface area contributed by atoms with Gasteiger partial charge in [0.15, 0.2) is 0 Å². The van der Waals surface area contributed by atoms with Gasteiger partial charge >= 0.3 is 5.97 Å². The topological polar surface area (TPSA) is 83.5 Å². The number of hydrogen-bond acceptors (Lipinski definition) is 5. The molecule has 1 fully saturated rings. The lowest BCUT2D eigenvalue weighted by molar-refractivity contribution is -0.139. The molecule has 0 spiro atoms. The van der Waals surface area contributed by atoms with Crippen LogP contribution in [-0.2, 0) is 22.4 Å². The highest BCUT2D eigenvalue weighted by Crippen LogP contribution is 2.29. The fourth-order valence-corrected chi connectivity index (χ4v) is 4.42. The molecule has 3 heterocycles. The molecule has 6 heteroatoms. The van der Waals surface area contributed by atoms with Gasteiger partial charge in [-0.15, -0.1) is 0 Å². The number of nitrogens with zero attached hydrogens (tertiary/aromatic N) is 1. The largest absolute Gasteiger partial charge is 0.480 e. The molecule has 1 aromatic rings. The Labute approximate surface area is 181 Å². The Kier molecular flexibility index (Phi) is 8.94. The Morgan fingerprint density at radius 1 is 1.23 bits per heavy atom. The highest BCUT2D eigenvalue weighted by Gasteiger charge is 2.29. The second-order valence-electron chi connectivity index (χ2n) is 9.34. The van der Waals surface area contributed by atoms with Gasteiger partial charge < -0.3 is 20.5 Å². The SMILES string of the molecule is CC1(CN[C@@H](CCCCCCCc2ccc3c(n2)NCCC3)C(=O)O)CCOCC1. The molecule has 0 saturated carbocycles. The molecule has 0 radical (unpaired) electrons. The van der Waals surface area contributed by atoms with E-state index in [-0.39, 0.29) is 5.41 Å². The first-order valence-electron chi connectivity index (χ1n) is 11.8. The number of anilines is 1. The van der Waals surface area contributed by atoms with Gasteiger partial charge in [-0.2, -0.15) is 0 Å². The van der Waals surface area contributed by atoms with E-state index in [1.807, 2.05) is 0 Å². The van der Waals surface area contributed by atoms with Gasteiger partial charge in [-0.25, -0.2) is 4.98 Å². The Bertz CT molecular complexity index is 674. The van der Waals surface area contributed by atoms with Gasteiger partial charge in [0, 0.05) is 32.0 Å². The molecule has 0 bridgehead atoms. The van der Waals surface area contributed by atoms with Crippen molar-refractivity contribution >= 4 is 11.8 Å². The average Bonchev–Trinajstić information content (AvgIpc) is 2.75. The molecule has 1 aromatic heterocycles. The molecule has 3 N–H and O–H groups in total. The van der Waals surface area contributed by atoms with Gasteiger partial charge in [-0.1, -0.05) is 38.7 Å². The zero-order valence-electron chi connectivity index (χ0n) is 18.5. The second kappa shape index (κ2) is 11.7. The predicted octanol–water partition coefficient (Wildman–Crippen LogP) is 4.18.